The van der Waals surface area contributed by atoms with E-state index in [2.05, 4.69) is 14.8 Å². The summed E-state index contributed by atoms with van der Waals surface area (Å²) in [6.45, 7) is 3.36. The zero-order valence-corrected chi connectivity index (χ0v) is 16.8. The lowest BCUT2D eigenvalue weighted by Crippen LogP contribution is -2.30. The second-order valence-corrected chi connectivity index (χ2v) is 8.30. The maximum atomic E-state index is 12.2. The molecule has 1 fully saturated rings. The molecular weight excluding hydrogens is 372 g/mol. The molecule has 0 spiro atoms. The summed E-state index contributed by atoms with van der Waals surface area (Å²) in [6.07, 6.45) is 2.24. The fraction of sp³-hybridized carbons (Fsp3) is 0.500. The van der Waals surface area contributed by atoms with Crippen LogP contribution in [0.1, 0.15) is 19.8 Å². The van der Waals surface area contributed by atoms with Crippen LogP contribution >= 0.6 is 23.4 Å². The molecular formula is C18H23ClN4O2S. The van der Waals surface area contributed by atoms with Crippen LogP contribution in [0.25, 0.3) is 11.4 Å². The number of nitrogens with zero attached hydrogens (tertiary/aromatic N) is 4. The third kappa shape index (κ3) is 4.39. The van der Waals surface area contributed by atoms with Gasteiger partial charge in [-0.25, -0.2) is 0 Å². The molecule has 1 aromatic heterocycles. The van der Waals surface area contributed by atoms with E-state index in [4.69, 9.17) is 16.3 Å². The summed E-state index contributed by atoms with van der Waals surface area (Å²) in [7, 11) is 3.52. The van der Waals surface area contributed by atoms with Crippen molar-refractivity contribution in [2.75, 3.05) is 20.7 Å². The predicted molar refractivity (Wildman–Crippen MR) is 103 cm³/mol. The highest BCUT2D eigenvalue weighted by molar-refractivity contribution is 8.00. The Morgan fingerprint density at radius 3 is 2.73 bits per heavy atom. The molecule has 0 radical (unpaired) electrons. The summed E-state index contributed by atoms with van der Waals surface area (Å²) in [5.41, 5.74) is 0.943. The van der Waals surface area contributed by atoms with Gasteiger partial charge in [-0.3, -0.25) is 9.36 Å². The zero-order chi connectivity index (χ0) is 18.7. The molecule has 1 aliphatic heterocycles. The van der Waals surface area contributed by atoms with Crippen LogP contribution in [0.3, 0.4) is 0 Å². The van der Waals surface area contributed by atoms with E-state index >= 15 is 0 Å². The van der Waals surface area contributed by atoms with E-state index in [0.717, 1.165) is 36.0 Å². The van der Waals surface area contributed by atoms with E-state index < -0.39 is 0 Å². The molecule has 0 N–H and O–H groups in total. The van der Waals surface area contributed by atoms with Gasteiger partial charge in [0.05, 0.1) is 17.9 Å². The van der Waals surface area contributed by atoms with Crippen LogP contribution in [0.2, 0.25) is 5.02 Å². The summed E-state index contributed by atoms with van der Waals surface area (Å²) in [5.74, 6) is 0.818. The van der Waals surface area contributed by atoms with Crippen molar-refractivity contribution < 1.29 is 9.53 Å². The Balaban J connectivity index is 1.90. The van der Waals surface area contributed by atoms with Gasteiger partial charge < -0.3 is 9.64 Å². The largest absolute Gasteiger partial charge is 0.376 e. The number of ether oxygens (including phenoxy) is 1. The molecule has 3 rings (SSSR count). The van der Waals surface area contributed by atoms with E-state index in [0.29, 0.717) is 11.6 Å². The number of hydrogen-bond donors (Lipinski definition) is 0. The van der Waals surface area contributed by atoms with Gasteiger partial charge in [-0.05, 0) is 44.0 Å². The zero-order valence-electron chi connectivity index (χ0n) is 15.2. The molecule has 1 amide bonds. The molecule has 8 heteroatoms. The van der Waals surface area contributed by atoms with Gasteiger partial charge in [0, 0.05) is 31.3 Å². The van der Waals surface area contributed by atoms with Crippen LogP contribution in [0.15, 0.2) is 29.4 Å². The number of thioether (sulfide) groups is 1. The average molecular weight is 395 g/mol. The van der Waals surface area contributed by atoms with Gasteiger partial charge in [0.25, 0.3) is 0 Å². The van der Waals surface area contributed by atoms with Gasteiger partial charge in [-0.2, -0.15) is 0 Å². The van der Waals surface area contributed by atoms with Crippen LogP contribution in [0.4, 0.5) is 0 Å². The summed E-state index contributed by atoms with van der Waals surface area (Å²) in [4.78, 5) is 13.8. The van der Waals surface area contributed by atoms with Crippen molar-refractivity contribution >= 4 is 29.3 Å². The Bertz CT molecular complexity index is 757. The first-order valence-corrected chi connectivity index (χ1v) is 9.90. The quantitative estimate of drug-likeness (QED) is 0.703. The van der Waals surface area contributed by atoms with E-state index in [9.17, 15) is 4.79 Å². The highest BCUT2D eigenvalue weighted by Crippen LogP contribution is 2.29. The Kier molecular flexibility index (Phi) is 6.21. The lowest BCUT2D eigenvalue weighted by molar-refractivity contribution is -0.127. The van der Waals surface area contributed by atoms with Crippen LogP contribution in [0, 0.1) is 0 Å². The summed E-state index contributed by atoms with van der Waals surface area (Å²) < 4.78 is 7.86. The minimum Gasteiger partial charge on any atom is -0.376 e. The Morgan fingerprint density at radius 1 is 1.38 bits per heavy atom. The molecule has 1 aliphatic rings. The number of aromatic nitrogens is 3. The minimum absolute atomic E-state index is 0.0507. The van der Waals surface area contributed by atoms with Gasteiger partial charge in [0.2, 0.25) is 5.91 Å². The van der Waals surface area contributed by atoms with Crippen molar-refractivity contribution in [2.45, 2.75) is 42.8 Å². The lowest BCUT2D eigenvalue weighted by Gasteiger charge is -2.18. The number of benzene rings is 1. The first-order valence-electron chi connectivity index (χ1n) is 8.64. The van der Waals surface area contributed by atoms with Crippen LogP contribution < -0.4 is 0 Å². The molecule has 2 atom stereocenters. The van der Waals surface area contributed by atoms with Crippen molar-refractivity contribution in [3.05, 3.63) is 29.3 Å². The predicted octanol–water partition coefficient (Wildman–Crippen LogP) is 3.35. The van der Waals surface area contributed by atoms with E-state index in [1.54, 1.807) is 19.0 Å². The standard InChI is InChI=1S/C18H23ClN4O2S/c1-12(17(24)22(2)3)26-18-21-20-16(13-6-8-14(19)9-7-13)23(18)11-15-5-4-10-25-15/h6-9,12,15H,4-5,10-11H2,1-3H3/t12-,15-/m1/s1. The maximum absolute atomic E-state index is 12.2. The molecule has 0 aliphatic carbocycles. The van der Waals surface area contributed by atoms with Crippen molar-refractivity contribution in [3.8, 4) is 11.4 Å². The summed E-state index contributed by atoms with van der Waals surface area (Å²) in [5, 5.41) is 9.91. The van der Waals surface area contributed by atoms with Crippen molar-refractivity contribution in [3.63, 3.8) is 0 Å². The van der Waals surface area contributed by atoms with E-state index in [-0.39, 0.29) is 17.3 Å². The fourth-order valence-corrected chi connectivity index (χ4v) is 4.05. The average Bonchev–Trinajstić information content (AvgIpc) is 3.26. The molecule has 0 unspecified atom stereocenters. The van der Waals surface area contributed by atoms with Crippen LogP contribution in [-0.2, 0) is 16.1 Å². The first-order chi connectivity index (χ1) is 12.5. The number of carbonyl (C=O) groups excluding carboxylic acids is 1. The summed E-state index contributed by atoms with van der Waals surface area (Å²) in [6, 6.07) is 7.54. The number of carbonyl (C=O) groups is 1. The lowest BCUT2D eigenvalue weighted by atomic mass is 10.2. The SMILES string of the molecule is C[C@@H](Sc1nnc(-c2ccc(Cl)cc2)n1C[C@H]1CCCO1)C(=O)N(C)C. The highest BCUT2D eigenvalue weighted by Gasteiger charge is 2.25. The van der Waals surface area contributed by atoms with E-state index in [1.807, 2.05) is 31.2 Å². The minimum atomic E-state index is -0.240. The molecule has 2 aromatic rings. The Labute approximate surface area is 162 Å². The van der Waals surface area contributed by atoms with E-state index in [1.165, 1.54) is 11.8 Å². The Morgan fingerprint density at radius 2 is 2.12 bits per heavy atom. The van der Waals surface area contributed by atoms with Gasteiger partial charge in [-0.15, -0.1) is 10.2 Å². The monoisotopic (exact) mass is 394 g/mol. The topological polar surface area (TPSA) is 60.2 Å². The van der Waals surface area contributed by atoms with Crippen molar-refractivity contribution in [1.82, 2.24) is 19.7 Å². The molecule has 26 heavy (non-hydrogen) atoms. The number of hydrogen-bond acceptors (Lipinski definition) is 5. The molecule has 6 nitrogen and oxygen atoms in total. The third-order valence-electron chi connectivity index (χ3n) is 4.30. The van der Waals surface area contributed by atoms with Crippen LogP contribution in [0.5, 0.6) is 0 Å². The maximum Gasteiger partial charge on any atom is 0.235 e. The number of amides is 1. The highest BCUT2D eigenvalue weighted by atomic mass is 35.5. The van der Waals surface area contributed by atoms with Crippen molar-refractivity contribution in [2.24, 2.45) is 0 Å². The number of halogens is 1. The second-order valence-electron chi connectivity index (χ2n) is 6.55. The normalized spacial score (nSPS) is 18.1. The smallest absolute Gasteiger partial charge is 0.235 e. The summed E-state index contributed by atoms with van der Waals surface area (Å²) >= 11 is 7.43. The molecule has 2 heterocycles. The third-order valence-corrected chi connectivity index (χ3v) is 5.62. The van der Waals surface area contributed by atoms with Crippen molar-refractivity contribution in [1.29, 1.82) is 0 Å². The molecule has 1 aromatic carbocycles. The van der Waals surface area contributed by atoms with Gasteiger partial charge in [-0.1, -0.05) is 23.4 Å². The molecule has 140 valence electrons. The Hall–Kier alpha value is -1.57. The number of rotatable bonds is 6. The molecule has 0 saturated carbocycles. The van der Waals surface area contributed by atoms with Gasteiger partial charge in [0.15, 0.2) is 11.0 Å². The second kappa shape index (κ2) is 8.41. The van der Waals surface area contributed by atoms with Gasteiger partial charge in [0.1, 0.15) is 0 Å². The van der Waals surface area contributed by atoms with Crippen LogP contribution in [-0.4, -0.2) is 57.6 Å². The fourth-order valence-electron chi connectivity index (χ4n) is 2.92. The molecule has 0 bridgehead atoms. The van der Waals surface area contributed by atoms with Gasteiger partial charge >= 0.3 is 0 Å². The first kappa shape index (κ1) is 19.2. The molecule has 1 saturated heterocycles.